The van der Waals surface area contributed by atoms with Crippen LogP contribution in [-0.4, -0.2) is 45.4 Å². The predicted molar refractivity (Wildman–Crippen MR) is 100 cm³/mol. The van der Waals surface area contributed by atoms with Crippen LogP contribution in [0.1, 0.15) is 19.3 Å². The van der Waals surface area contributed by atoms with Gasteiger partial charge in [-0.15, -0.1) is 35.3 Å². The van der Waals surface area contributed by atoms with Crippen molar-refractivity contribution in [1.82, 2.24) is 10.6 Å². The van der Waals surface area contributed by atoms with E-state index in [1.807, 2.05) is 0 Å². The summed E-state index contributed by atoms with van der Waals surface area (Å²) in [6.45, 7) is 2.48. The maximum absolute atomic E-state index is 12.1. The zero-order valence-corrected chi connectivity index (χ0v) is 15.5. The van der Waals surface area contributed by atoms with Crippen LogP contribution in [-0.2, 0) is 0 Å². The molecule has 1 saturated heterocycles. The van der Waals surface area contributed by atoms with Crippen LogP contribution in [0.15, 0.2) is 22.5 Å². The molecule has 1 aromatic rings. The Bertz CT molecular complexity index is 405. The van der Waals surface area contributed by atoms with E-state index in [4.69, 9.17) is 0 Å². The summed E-state index contributed by atoms with van der Waals surface area (Å²) in [6, 6.07) is 4.72. The molecule has 0 spiro atoms. The smallest absolute Gasteiger partial charge is 0.191 e. The molecular weight excluding hydrogens is 402 g/mol. The minimum atomic E-state index is -0.288. The van der Waals surface area contributed by atoms with Gasteiger partial charge in [0.15, 0.2) is 5.96 Å². The van der Waals surface area contributed by atoms with Gasteiger partial charge in [-0.05, 0) is 36.8 Å². The molecule has 1 aromatic heterocycles. The first-order chi connectivity index (χ1) is 9.83. The molecule has 0 unspecified atom stereocenters. The second-order valence-electron chi connectivity index (χ2n) is 4.90. The Hall–Kier alpha value is -0.570. The van der Waals surface area contributed by atoms with Crippen molar-refractivity contribution in [1.29, 1.82) is 0 Å². The monoisotopic (exact) mass is 426 g/mol. The summed E-state index contributed by atoms with van der Waals surface area (Å²) in [5.74, 6) is 0.785. The first-order valence-electron chi connectivity index (χ1n) is 7.15. The van der Waals surface area contributed by atoms with Gasteiger partial charge in [0.05, 0.1) is 11.7 Å². The van der Waals surface area contributed by atoms with Gasteiger partial charge in [0.25, 0.3) is 0 Å². The van der Waals surface area contributed by atoms with E-state index >= 15 is 0 Å². The summed E-state index contributed by atoms with van der Waals surface area (Å²) in [7, 11) is 1.76. The van der Waals surface area contributed by atoms with Crippen molar-refractivity contribution in [2.45, 2.75) is 25.3 Å². The van der Waals surface area contributed by atoms with Crippen LogP contribution in [0.4, 0.5) is 9.39 Å². The number of piperidine rings is 1. The lowest BCUT2D eigenvalue weighted by Crippen LogP contribution is -2.48. The van der Waals surface area contributed by atoms with Gasteiger partial charge in [-0.25, -0.2) is 0 Å². The van der Waals surface area contributed by atoms with Gasteiger partial charge >= 0.3 is 0 Å². The quantitative estimate of drug-likeness (QED) is 0.329. The minimum absolute atomic E-state index is 0. The Morgan fingerprint density at radius 1 is 1.48 bits per heavy atom. The molecule has 2 N–H and O–H groups in total. The van der Waals surface area contributed by atoms with E-state index < -0.39 is 0 Å². The van der Waals surface area contributed by atoms with Gasteiger partial charge in [-0.3, -0.25) is 9.38 Å². The normalized spacial score (nSPS) is 16.5. The maximum Gasteiger partial charge on any atom is 0.191 e. The zero-order valence-electron chi connectivity index (χ0n) is 12.3. The van der Waals surface area contributed by atoms with Crippen LogP contribution >= 0.6 is 35.3 Å². The van der Waals surface area contributed by atoms with E-state index in [1.165, 1.54) is 5.00 Å². The zero-order chi connectivity index (χ0) is 14.2. The summed E-state index contributed by atoms with van der Waals surface area (Å²) in [5.41, 5.74) is 0. The van der Waals surface area contributed by atoms with E-state index in [0.717, 1.165) is 31.9 Å². The van der Waals surface area contributed by atoms with Crippen molar-refractivity contribution in [3.63, 3.8) is 0 Å². The highest BCUT2D eigenvalue weighted by molar-refractivity contribution is 14.0. The highest BCUT2D eigenvalue weighted by Gasteiger charge is 2.20. The molecule has 120 valence electrons. The van der Waals surface area contributed by atoms with Gasteiger partial charge < -0.3 is 15.5 Å². The molecule has 21 heavy (non-hydrogen) atoms. The molecule has 7 heteroatoms. The number of thiophene rings is 1. The average Bonchev–Trinajstić information content (AvgIpc) is 3.01. The molecule has 0 radical (unpaired) electrons. The molecule has 1 aliphatic rings. The number of aliphatic imine (C=N–C) groups is 1. The average molecular weight is 426 g/mol. The largest absolute Gasteiger partial charge is 0.363 e. The molecule has 4 nitrogen and oxygen atoms in total. The van der Waals surface area contributed by atoms with Crippen molar-refractivity contribution >= 4 is 46.3 Å². The second kappa shape index (κ2) is 10.2. The third-order valence-corrected chi connectivity index (χ3v) is 4.41. The molecule has 2 heterocycles. The molecule has 0 amide bonds. The standard InChI is InChI=1S/C14H23FN4S.HI/c1-16-14(17-8-3-7-15)18-12-5-9-19(10-6-12)13-4-2-11-20-13;/h2,4,11-12H,3,5-10H2,1H3,(H2,16,17,18);1H. The summed E-state index contributed by atoms with van der Waals surface area (Å²) in [4.78, 5) is 6.62. The number of halogens is 2. The third-order valence-electron chi connectivity index (χ3n) is 3.48. The van der Waals surface area contributed by atoms with Crippen LogP contribution in [0.2, 0.25) is 0 Å². The van der Waals surface area contributed by atoms with Crippen molar-refractivity contribution in [3.05, 3.63) is 17.5 Å². The van der Waals surface area contributed by atoms with Crippen molar-refractivity contribution < 1.29 is 4.39 Å². The van der Waals surface area contributed by atoms with Crippen molar-refractivity contribution in [3.8, 4) is 0 Å². The predicted octanol–water partition coefficient (Wildman–Crippen LogP) is 2.86. The van der Waals surface area contributed by atoms with E-state index in [9.17, 15) is 4.39 Å². The Labute approximate surface area is 147 Å². The Kier molecular flexibility index (Phi) is 8.98. The van der Waals surface area contributed by atoms with Crippen LogP contribution in [0, 0.1) is 0 Å². The summed E-state index contributed by atoms with van der Waals surface area (Å²) >= 11 is 1.80. The minimum Gasteiger partial charge on any atom is -0.363 e. The summed E-state index contributed by atoms with van der Waals surface area (Å²) < 4.78 is 12.1. The van der Waals surface area contributed by atoms with Crippen molar-refractivity contribution in [2.24, 2.45) is 4.99 Å². The van der Waals surface area contributed by atoms with Crippen LogP contribution in [0.3, 0.4) is 0 Å². The number of nitrogens with one attached hydrogen (secondary N) is 2. The lowest BCUT2D eigenvalue weighted by Gasteiger charge is -2.33. The lowest BCUT2D eigenvalue weighted by molar-refractivity contribution is 0.455. The first kappa shape index (κ1) is 18.5. The molecular formula is C14H24FIN4S. The van der Waals surface area contributed by atoms with E-state index in [2.05, 4.69) is 38.0 Å². The third kappa shape index (κ3) is 5.98. The van der Waals surface area contributed by atoms with Crippen LogP contribution in [0.5, 0.6) is 0 Å². The molecule has 0 bridgehead atoms. The highest BCUT2D eigenvalue weighted by Crippen LogP contribution is 2.24. The van der Waals surface area contributed by atoms with Gasteiger partial charge in [0.2, 0.25) is 0 Å². The van der Waals surface area contributed by atoms with Gasteiger partial charge in [-0.1, -0.05) is 0 Å². The molecule has 0 aliphatic carbocycles. The number of guanidine groups is 1. The number of alkyl halides is 1. The number of nitrogens with zero attached hydrogens (tertiary/aromatic N) is 2. The van der Waals surface area contributed by atoms with Gasteiger partial charge in [0, 0.05) is 32.7 Å². The summed E-state index contributed by atoms with van der Waals surface area (Å²) in [5, 5.41) is 10.0. The molecule has 0 saturated carbocycles. The first-order valence-corrected chi connectivity index (χ1v) is 8.03. The number of hydrogen-bond donors (Lipinski definition) is 2. The van der Waals surface area contributed by atoms with Gasteiger partial charge in [-0.2, -0.15) is 0 Å². The van der Waals surface area contributed by atoms with E-state index in [1.54, 1.807) is 18.4 Å². The van der Waals surface area contributed by atoms with Gasteiger partial charge in [0.1, 0.15) is 0 Å². The fraction of sp³-hybridized carbons (Fsp3) is 0.643. The molecule has 1 aliphatic heterocycles. The Balaban J connectivity index is 0.00000220. The Morgan fingerprint density at radius 2 is 2.24 bits per heavy atom. The maximum atomic E-state index is 12.1. The van der Waals surface area contributed by atoms with Crippen LogP contribution in [0.25, 0.3) is 0 Å². The lowest BCUT2D eigenvalue weighted by atomic mass is 10.1. The molecule has 0 atom stereocenters. The molecule has 2 rings (SSSR count). The van der Waals surface area contributed by atoms with Crippen molar-refractivity contribution in [2.75, 3.05) is 38.3 Å². The van der Waals surface area contributed by atoms with E-state index in [0.29, 0.717) is 19.0 Å². The van der Waals surface area contributed by atoms with Crippen LogP contribution < -0.4 is 15.5 Å². The SMILES string of the molecule is CN=C(NCCCF)NC1CCN(c2cccs2)CC1.I. The fourth-order valence-corrected chi connectivity index (χ4v) is 3.14. The second-order valence-corrected chi connectivity index (χ2v) is 5.82. The highest BCUT2D eigenvalue weighted by atomic mass is 127. The number of anilines is 1. The topological polar surface area (TPSA) is 39.7 Å². The number of hydrogen-bond acceptors (Lipinski definition) is 3. The fourth-order valence-electron chi connectivity index (χ4n) is 2.36. The van der Waals surface area contributed by atoms with E-state index in [-0.39, 0.29) is 30.7 Å². The summed E-state index contributed by atoms with van der Waals surface area (Å²) in [6.07, 6.45) is 2.72. The Morgan fingerprint density at radius 3 is 2.81 bits per heavy atom. The molecule has 1 fully saturated rings. The molecule has 0 aromatic carbocycles. The number of rotatable bonds is 5.